The molecule has 0 aliphatic rings. The highest BCUT2D eigenvalue weighted by atomic mass is 35.5. The molecule has 21 heavy (non-hydrogen) atoms. The van der Waals surface area contributed by atoms with Crippen molar-refractivity contribution in [1.29, 1.82) is 0 Å². The first-order chi connectivity index (χ1) is 10.0. The number of aryl methyl sites for hydroxylation is 2. The maximum atomic E-state index is 6.16. The molecular formula is C16H16Cl2N2S. The highest BCUT2D eigenvalue weighted by Crippen LogP contribution is 2.33. The van der Waals surface area contributed by atoms with Gasteiger partial charge in [-0.25, -0.2) is 4.98 Å². The quantitative estimate of drug-likeness (QED) is 0.558. The van der Waals surface area contributed by atoms with Crippen LogP contribution in [0.25, 0.3) is 11.0 Å². The van der Waals surface area contributed by atoms with Crippen LogP contribution in [0.3, 0.4) is 0 Å². The average molecular weight is 339 g/mol. The summed E-state index contributed by atoms with van der Waals surface area (Å²) in [6.45, 7) is 6.49. The van der Waals surface area contributed by atoms with E-state index in [4.69, 9.17) is 23.2 Å². The van der Waals surface area contributed by atoms with Gasteiger partial charge in [-0.05, 0) is 50.6 Å². The van der Waals surface area contributed by atoms with E-state index in [9.17, 15) is 0 Å². The van der Waals surface area contributed by atoms with Crippen molar-refractivity contribution in [3.8, 4) is 0 Å². The molecule has 1 atom stereocenters. The molecule has 3 rings (SSSR count). The smallest absolute Gasteiger partial charge is 0.125 e. The third kappa shape index (κ3) is 2.59. The second-order valence-electron chi connectivity index (χ2n) is 5.21. The van der Waals surface area contributed by atoms with Crippen LogP contribution in [-0.2, 0) is 5.88 Å². The van der Waals surface area contributed by atoms with Crippen molar-refractivity contribution in [2.75, 3.05) is 0 Å². The number of thiophene rings is 1. The Morgan fingerprint density at radius 2 is 2.05 bits per heavy atom. The van der Waals surface area contributed by atoms with Crippen molar-refractivity contribution in [3.63, 3.8) is 0 Å². The van der Waals surface area contributed by atoms with Crippen LogP contribution < -0.4 is 0 Å². The largest absolute Gasteiger partial charge is 0.320 e. The van der Waals surface area contributed by atoms with E-state index in [-0.39, 0.29) is 6.04 Å². The molecule has 0 saturated heterocycles. The van der Waals surface area contributed by atoms with E-state index < -0.39 is 0 Å². The summed E-state index contributed by atoms with van der Waals surface area (Å²) in [5, 5.41) is 0.718. The van der Waals surface area contributed by atoms with Crippen molar-refractivity contribution in [2.24, 2.45) is 0 Å². The first-order valence-electron chi connectivity index (χ1n) is 6.80. The minimum atomic E-state index is 0.187. The van der Waals surface area contributed by atoms with Crippen molar-refractivity contribution in [3.05, 3.63) is 50.4 Å². The molecule has 2 aromatic heterocycles. The molecule has 0 spiro atoms. The van der Waals surface area contributed by atoms with Crippen LogP contribution in [0, 0.1) is 13.8 Å². The number of rotatable bonds is 3. The van der Waals surface area contributed by atoms with Crippen LogP contribution in [0.15, 0.2) is 24.3 Å². The van der Waals surface area contributed by atoms with E-state index in [1.54, 1.807) is 0 Å². The van der Waals surface area contributed by atoms with Gasteiger partial charge in [-0.3, -0.25) is 0 Å². The monoisotopic (exact) mass is 338 g/mol. The Kier molecular flexibility index (Phi) is 4.00. The second kappa shape index (κ2) is 5.64. The highest BCUT2D eigenvalue weighted by molar-refractivity contribution is 7.12. The molecule has 5 heteroatoms. The average Bonchev–Trinajstić information content (AvgIpc) is 2.97. The Bertz CT molecular complexity index is 804. The first-order valence-corrected chi connectivity index (χ1v) is 8.53. The molecule has 110 valence electrons. The SMILES string of the molecule is Cc1cc(C(C)n2c(CCl)nc3ccc(Cl)cc32)c(C)s1. The van der Waals surface area contributed by atoms with Crippen LogP contribution in [0.1, 0.15) is 34.1 Å². The molecule has 0 radical (unpaired) electrons. The standard InChI is InChI=1S/C16H16Cl2N2S/c1-9-6-13(11(3)21-9)10(2)20-15-7-12(18)4-5-14(15)19-16(20)8-17/h4-7,10H,8H2,1-3H3. The van der Waals surface area contributed by atoms with Crippen molar-refractivity contribution < 1.29 is 0 Å². The molecule has 2 nitrogen and oxygen atoms in total. The number of hydrogen-bond donors (Lipinski definition) is 0. The molecule has 0 bridgehead atoms. The number of alkyl halides is 1. The summed E-state index contributed by atoms with van der Waals surface area (Å²) in [6, 6.07) is 8.21. The van der Waals surface area contributed by atoms with Crippen LogP contribution in [0.2, 0.25) is 5.02 Å². The summed E-state index contributed by atoms with van der Waals surface area (Å²) in [6.07, 6.45) is 0. The number of imidazole rings is 1. The summed E-state index contributed by atoms with van der Waals surface area (Å²) in [4.78, 5) is 7.29. The zero-order chi connectivity index (χ0) is 15.1. The van der Waals surface area contributed by atoms with E-state index >= 15 is 0 Å². The first kappa shape index (κ1) is 14.9. The van der Waals surface area contributed by atoms with Gasteiger partial charge in [0.25, 0.3) is 0 Å². The lowest BCUT2D eigenvalue weighted by molar-refractivity contribution is 0.633. The Labute approximate surface area is 138 Å². The predicted octanol–water partition coefficient (Wildman–Crippen LogP) is 5.72. The number of aromatic nitrogens is 2. The topological polar surface area (TPSA) is 17.8 Å². The lowest BCUT2D eigenvalue weighted by Gasteiger charge is -2.17. The van der Waals surface area contributed by atoms with E-state index in [1.165, 1.54) is 15.3 Å². The van der Waals surface area contributed by atoms with Gasteiger partial charge < -0.3 is 4.57 Å². The Morgan fingerprint density at radius 1 is 1.29 bits per heavy atom. The van der Waals surface area contributed by atoms with E-state index in [0.717, 1.165) is 21.9 Å². The summed E-state index contributed by atoms with van der Waals surface area (Å²) >= 11 is 14.1. The third-order valence-electron chi connectivity index (χ3n) is 3.76. The van der Waals surface area contributed by atoms with E-state index in [2.05, 4.69) is 36.4 Å². The van der Waals surface area contributed by atoms with Gasteiger partial charge in [0.05, 0.1) is 23.0 Å². The van der Waals surface area contributed by atoms with Crippen LogP contribution >= 0.6 is 34.5 Å². The van der Waals surface area contributed by atoms with Crippen LogP contribution in [-0.4, -0.2) is 9.55 Å². The number of fused-ring (bicyclic) bond motifs is 1. The molecule has 0 aliphatic heterocycles. The molecule has 0 saturated carbocycles. The lowest BCUT2D eigenvalue weighted by Crippen LogP contribution is -2.10. The highest BCUT2D eigenvalue weighted by Gasteiger charge is 2.19. The zero-order valence-electron chi connectivity index (χ0n) is 12.2. The van der Waals surface area contributed by atoms with E-state index in [0.29, 0.717) is 5.88 Å². The molecule has 1 aromatic carbocycles. The maximum Gasteiger partial charge on any atom is 0.125 e. The molecule has 0 aliphatic carbocycles. The van der Waals surface area contributed by atoms with Gasteiger partial charge >= 0.3 is 0 Å². The number of nitrogens with zero attached hydrogens (tertiary/aromatic N) is 2. The van der Waals surface area contributed by atoms with Crippen molar-refractivity contribution >= 4 is 45.6 Å². The van der Waals surface area contributed by atoms with Gasteiger partial charge in [-0.1, -0.05) is 11.6 Å². The third-order valence-corrected chi connectivity index (χ3v) is 5.22. The fourth-order valence-corrected chi connectivity index (χ4v) is 4.22. The molecular weight excluding hydrogens is 323 g/mol. The van der Waals surface area contributed by atoms with Gasteiger partial charge in [0.2, 0.25) is 0 Å². The molecule has 1 unspecified atom stereocenters. The van der Waals surface area contributed by atoms with Crippen molar-refractivity contribution in [1.82, 2.24) is 9.55 Å². The minimum Gasteiger partial charge on any atom is -0.320 e. The lowest BCUT2D eigenvalue weighted by atomic mass is 10.1. The van der Waals surface area contributed by atoms with Crippen molar-refractivity contribution in [2.45, 2.75) is 32.7 Å². The van der Waals surface area contributed by atoms with Gasteiger partial charge in [0, 0.05) is 14.8 Å². The normalized spacial score (nSPS) is 13.0. The molecule has 3 aromatic rings. The Hall–Kier alpha value is -1.03. The van der Waals surface area contributed by atoms with Gasteiger partial charge in [-0.15, -0.1) is 22.9 Å². The summed E-state index contributed by atoms with van der Waals surface area (Å²) < 4.78 is 2.20. The Balaban J connectivity index is 2.22. The van der Waals surface area contributed by atoms with Crippen LogP contribution in [0.5, 0.6) is 0 Å². The number of benzene rings is 1. The second-order valence-corrected chi connectivity index (χ2v) is 7.37. The van der Waals surface area contributed by atoms with Gasteiger partial charge in [0.15, 0.2) is 0 Å². The molecule has 0 fully saturated rings. The summed E-state index contributed by atoms with van der Waals surface area (Å²) in [7, 11) is 0. The molecule has 2 heterocycles. The summed E-state index contributed by atoms with van der Waals surface area (Å²) in [5.74, 6) is 1.27. The summed E-state index contributed by atoms with van der Waals surface area (Å²) in [5.41, 5.74) is 3.29. The van der Waals surface area contributed by atoms with Crippen LogP contribution in [0.4, 0.5) is 0 Å². The van der Waals surface area contributed by atoms with Gasteiger partial charge in [-0.2, -0.15) is 0 Å². The number of hydrogen-bond acceptors (Lipinski definition) is 2. The Morgan fingerprint density at radius 3 is 2.67 bits per heavy atom. The maximum absolute atomic E-state index is 6.16. The fraction of sp³-hybridized carbons (Fsp3) is 0.312. The number of halogens is 2. The molecule has 0 amide bonds. The predicted molar refractivity (Wildman–Crippen MR) is 91.9 cm³/mol. The van der Waals surface area contributed by atoms with E-state index in [1.807, 2.05) is 29.5 Å². The van der Waals surface area contributed by atoms with Gasteiger partial charge in [0.1, 0.15) is 5.82 Å². The zero-order valence-corrected chi connectivity index (χ0v) is 14.5. The minimum absolute atomic E-state index is 0.187. The molecule has 0 N–H and O–H groups in total. The fourth-order valence-electron chi connectivity index (χ4n) is 2.85.